The van der Waals surface area contributed by atoms with Gasteiger partial charge in [-0.3, -0.25) is 4.79 Å². The number of carboxylic acids is 1. The van der Waals surface area contributed by atoms with Gasteiger partial charge in [0.25, 0.3) is 0 Å². The molecule has 9 heteroatoms. The second-order valence-electron chi connectivity index (χ2n) is 9.00. The van der Waals surface area contributed by atoms with Crippen LogP contribution < -0.4 is 5.32 Å². The molecule has 168 valence electrons. The highest BCUT2D eigenvalue weighted by Gasteiger charge is 2.47. The smallest absolute Gasteiger partial charge is 0.308 e. The minimum Gasteiger partial charge on any atom is -0.481 e. The molecule has 0 spiro atoms. The van der Waals surface area contributed by atoms with Gasteiger partial charge in [0.05, 0.1) is 17.8 Å². The molecule has 0 aliphatic heterocycles. The summed E-state index contributed by atoms with van der Waals surface area (Å²) < 4.78 is 15.7. The van der Waals surface area contributed by atoms with E-state index < -0.39 is 17.7 Å². The number of rotatable bonds is 5. The second-order valence-corrected chi connectivity index (χ2v) is 9.00. The highest BCUT2D eigenvalue weighted by atomic mass is 19.1. The van der Waals surface area contributed by atoms with Crippen molar-refractivity contribution in [3.8, 4) is 11.4 Å². The fourth-order valence-electron chi connectivity index (χ4n) is 5.72. The number of aromatic amines is 1. The first-order chi connectivity index (χ1) is 16.0. The lowest BCUT2D eigenvalue weighted by Crippen LogP contribution is -2.51. The maximum absolute atomic E-state index is 13.9. The van der Waals surface area contributed by atoms with Crippen LogP contribution in [0, 0.1) is 23.6 Å². The molecule has 0 unspecified atom stereocenters. The lowest BCUT2D eigenvalue weighted by Gasteiger charge is -2.47. The number of pyridine rings is 1. The van der Waals surface area contributed by atoms with E-state index >= 15 is 0 Å². The third-order valence-corrected chi connectivity index (χ3v) is 7.30. The van der Waals surface area contributed by atoms with Gasteiger partial charge in [-0.25, -0.2) is 18.9 Å². The van der Waals surface area contributed by atoms with Gasteiger partial charge in [0.1, 0.15) is 17.0 Å². The molecule has 8 nitrogen and oxygen atoms in total. The van der Waals surface area contributed by atoms with Crippen molar-refractivity contribution in [2.45, 2.75) is 31.7 Å². The molecule has 3 saturated carbocycles. The van der Waals surface area contributed by atoms with Gasteiger partial charge in [0, 0.05) is 23.2 Å². The zero-order valence-corrected chi connectivity index (χ0v) is 17.8. The summed E-state index contributed by atoms with van der Waals surface area (Å²) in [5, 5.41) is 18.7. The number of carboxylic acid groups (broad SMARTS) is 1. The standard InChI is InChI=1S/C24H23FN6O2/c1-2-15-7-8-18-23(28-20-13-5-3-12(4-6-13)19(20)24(32)33)29-22(30-31(15)18)17-11-27-21-16(17)9-14(25)10-26-21/h2,7-13,19-20H,1,3-6H2,(H,26,27)(H,32,33)(H,28,29,30)/t12?,13?,19-,20-/m1/s1. The summed E-state index contributed by atoms with van der Waals surface area (Å²) in [5.74, 6) is -0.233. The Morgan fingerprint density at radius 1 is 1.27 bits per heavy atom. The Kier molecular flexibility index (Phi) is 4.46. The Bertz CT molecular complexity index is 1400. The van der Waals surface area contributed by atoms with E-state index in [9.17, 15) is 14.3 Å². The van der Waals surface area contributed by atoms with E-state index in [2.05, 4.69) is 21.9 Å². The van der Waals surface area contributed by atoms with Gasteiger partial charge in [-0.05, 0) is 61.8 Å². The van der Waals surface area contributed by atoms with Crippen molar-refractivity contribution >= 4 is 34.4 Å². The van der Waals surface area contributed by atoms with Crippen LogP contribution in [0.3, 0.4) is 0 Å². The van der Waals surface area contributed by atoms with Crippen LogP contribution >= 0.6 is 0 Å². The van der Waals surface area contributed by atoms with Crippen LogP contribution in [0.15, 0.2) is 37.2 Å². The first-order valence-corrected chi connectivity index (χ1v) is 11.2. The summed E-state index contributed by atoms with van der Waals surface area (Å²) in [4.78, 5) is 24.1. The van der Waals surface area contributed by atoms with Crippen LogP contribution in [-0.2, 0) is 4.79 Å². The fraction of sp³-hybridized carbons (Fsp3) is 0.333. The van der Waals surface area contributed by atoms with Crippen LogP contribution in [0.1, 0.15) is 31.4 Å². The summed E-state index contributed by atoms with van der Waals surface area (Å²) in [6.45, 7) is 3.87. The minimum absolute atomic E-state index is 0.181. The fourth-order valence-corrected chi connectivity index (χ4v) is 5.72. The van der Waals surface area contributed by atoms with E-state index in [4.69, 9.17) is 10.1 Å². The summed E-state index contributed by atoms with van der Waals surface area (Å²) in [7, 11) is 0. The molecule has 7 rings (SSSR count). The van der Waals surface area contributed by atoms with Gasteiger partial charge >= 0.3 is 5.97 Å². The van der Waals surface area contributed by atoms with Crippen molar-refractivity contribution < 1.29 is 14.3 Å². The van der Waals surface area contributed by atoms with Crippen molar-refractivity contribution in [2.75, 3.05) is 5.32 Å². The number of halogens is 1. The molecule has 4 heterocycles. The van der Waals surface area contributed by atoms with Crippen molar-refractivity contribution in [1.82, 2.24) is 24.6 Å². The number of hydrogen-bond donors (Lipinski definition) is 3. The van der Waals surface area contributed by atoms with Crippen LogP contribution in [0.2, 0.25) is 0 Å². The second kappa shape index (κ2) is 7.40. The van der Waals surface area contributed by atoms with E-state index in [1.165, 1.54) is 6.07 Å². The van der Waals surface area contributed by atoms with Crippen LogP contribution in [0.25, 0.3) is 34.0 Å². The van der Waals surface area contributed by atoms with Crippen molar-refractivity contribution in [3.05, 3.63) is 48.7 Å². The molecule has 2 atom stereocenters. The van der Waals surface area contributed by atoms with E-state index in [-0.39, 0.29) is 17.9 Å². The molecular weight excluding hydrogens is 423 g/mol. The number of hydrogen-bond acceptors (Lipinski definition) is 5. The molecule has 4 aromatic heterocycles. The molecule has 2 bridgehead atoms. The molecule has 3 aliphatic rings. The van der Waals surface area contributed by atoms with Gasteiger partial charge in [-0.1, -0.05) is 6.58 Å². The van der Waals surface area contributed by atoms with Crippen molar-refractivity contribution in [2.24, 2.45) is 17.8 Å². The van der Waals surface area contributed by atoms with Crippen molar-refractivity contribution in [3.63, 3.8) is 0 Å². The Labute approximate surface area is 188 Å². The monoisotopic (exact) mass is 446 g/mol. The number of nitrogens with zero attached hydrogens (tertiary/aromatic N) is 4. The molecule has 3 fully saturated rings. The third kappa shape index (κ3) is 3.10. The molecule has 0 saturated heterocycles. The molecular formula is C24H23FN6O2. The molecule has 3 aliphatic carbocycles. The van der Waals surface area contributed by atoms with E-state index in [1.54, 1.807) is 16.8 Å². The number of H-pyrrole nitrogens is 1. The normalized spacial score (nSPS) is 24.4. The molecule has 33 heavy (non-hydrogen) atoms. The first-order valence-electron chi connectivity index (χ1n) is 11.2. The van der Waals surface area contributed by atoms with Gasteiger partial charge in [-0.2, -0.15) is 0 Å². The van der Waals surface area contributed by atoms with Gasteiger partial charge in [0.2, 0.25) is 0 Å². The Hall–Kier alpha value is -3.75. The van der Waals surface area contributed by atoms with Crippen LogP contribution in [-0.4, -0.2) is 41.7 Å². The molecule has 0 aromatic carbocycles. The first kappa shape index (κ1) is 19.9. The highest BCUT2D eigenvalue weighted by molar-refractivity contribution is 5.92. The summed E-state index contributed by atoms with van der Waals surface area (Å²) in [6.07, 6.45) is 8.53. The molecule has 3 N–H and O–H groups in total. The lowest BCUT2D eigenvalue weighted by molar-refractivity contribution is -0.148. The molecule has 0 radical (unpaired) electrons. The summed E-state index contributed by atoms with van der Waals surface area (Å²) >= 11 is 0. The van der Waals surface area contributed by atoms with Gasteiger partial charge in [0.15, 0.2) is 11.6 Å². The number of carbonyl (C=O) groups is 1. The zero-order valence-electron chi connectivity index (χ0n) is 17.8. The van der Waals surface area contributed by atoms with E-state index in [0.717, 1.165) is 43.1 Å². The minimum atomic E-state index is -0.757. The topological polar surface area (TPSA) is 108 Å². The van der Waals surface area contributed by atoms with Crippen molar-refractivity contribution in [1.29, 1.82) is 0 Å². The SMILES string of the molecule is C=Cc1ccc2c(N[C@@H]3C4CCC(CC4)[C@H]3C(=O)O)nc(-c3c[nH]c4ncc(F)cc34)nn12. The van der Waals surface area contributed by atoms with Gasteiger partial charge in [-0.15, -0.1) is 5.10 Å². The van der Waals surface area contributed by atoms with E-state index in [1.807, 2.05) is 12.1 Å². The predicted octanol–water partition coefficient (Wildman–Crippen LogP) is 4.36. The Balaban J connectivity index is 1.50. The van der Waals surface area contributed by atoms with Gasteiger partial charge < -0.3 is 15.4 Å². The predicted molar refractivity (Wildman–Crippen MR) is 122 cm³/mol. The van der Waals surface area contributed by atoms with E-state index in [0.29, 0.717) is 28.2 Å². The number of nitrogens with one attached hydrogen (secondary N) is 2. The largest absolute Gasteiger partial charge is 0.481 e. The quantitative estimate of drug-likeness (QED) is 0.421. The Morgan fingerprint density at radius 2 is 2.06 bits per heavy atom. The number of aliphatic carboxylic acids is 1. The average molecular weight is 446 g/mol. The number of anilines is 1. The average Bonchev–Trinajstić information content (AvgIpc) is 3.43. The zero-order chi connectivity index (χ0) is 22.7. The number of fused-ring (bicyclic) bond motifs is 5. The summed E-state index contributed by atoms with van der Waals surface area (Å²) in [5.41, 5.74) is 2.67. The molecule has 4 aromatic rings. The maximum Gasteiger partial charge on any atom is 0.308 e. The number of aromatic nitrogens is 5. The highest BCUT2D eigenvalue weighted by Crippen LogP contribution is 2.46. The van der Waals surface area contributed by atoms with Crippen LogP contribution in [0.4, 0.5) is 10.2 Å². The molecule has 0 amide bonds. The maximum atomic E-state index is 13.9. The summed E-state index contributed by atoms with van der Waals surface area (Å²) in [6, 6.07) is 4.99. The Morgan fingerprint density at radius 3 is 2.82 bits per heavy atom. The lowest BCUT2D eigenvalue weighted by atomic mass is 9.61. The third-order valence-electron chi connectivity index (χ3n) is 7.30. The van der Waals surface area contributed by atoms with Crippen LogP contribution in [0.5, 0.6) is 0 Å².